The van der Waals surface area contributed by atoms with E-state index in [1.54, 1.807) is 0 Å². The highest BCUT2D eigenvalue weighted by atomic mass is 35.5. The minimum atomic E-state index is -3.68. The van der Waals surface area contributed by atoms with Crippen molar-refractivity contribution in [2.24, 2.45) is 0 Å². The number of rotatable bonds is 3. The summed E-state index contributed by atoms with van der Waals surface area (Å²) < 4.78 is 45.5. The van der Waals surface area contributed by atoms with Gasteiger partial charge in [-0.1, -0.05) is 0 Å². The smallest absolute Gasteiger partial charge is 0.243 e. The summed E-state index contributed by atoms with van der Waals surface area (Å²) >= 11 is 0. The molecule has 21 heavy (non-hydrogen) atoms. The molecular weight excluding hydrogens is 319 g/mol. The van der Waals surface area contributed by atoms with Gasteiger partial charge in [0, 0.05) is 31.2 Å². The molecule has 1 unspecified atom stereocenters. The Kier molecular flexibility index (Phi) is 5.98. The summed E-state index contributed by atoms with van der Waals surface area (Å²) in [6.45, 7) is 4.74. The van der Waals surface area contributed by atoms with Crippen LogP contribution in [0.1, 0.15) is 12.5 Å². The first-order valence-electron chi connectivity index (χ1n) is 6.44. The van der Waals surface area contributed by atoms with Gasteiger partial charge in [0.2, 0.25) is 10.0 Å². The maximum atomic E-state index is 14.0. The molecule has 1 heterocycles. The number of halogens is 2. The van der Waals surface area contributed by atoms with E-state index in [0.717, 1.165) is 0 Å². The summed E-state index contributed by atoms with van der Waals surface area (Å²) in [5.41, 5.74) is 0.0931. The second-order valence-electron chi connectivity index (χ2n) is 4.92. The van der Waals surface area contributed by atoms with Crippen molar-refractivity contribution in [1.82, 2.24) is 9.62 Å². The standard InChI is InChI=1S/C13H19FN2O3S.ClH/c1-9-8-16(7-6-15-9)20(17,18)12-5-4-11(19-3)13(14)10(12)2;/h4-5,9,15H,6-8H2,1-3H3;1H. The van der Waals surface area contributed by atoms with Gasteiger partial charge in [0.05, 0.1) is 12.0 Å². The van der Waals surface area contributed by atoms with Crippen molar-refractivity contribution in [3.05, 3.63) is 23.5 Å². The zero-order valence-corrected chi connectivity index (χ0v) is 13.9. The van der Waals surface area contributed by atoms with Crippen LogP contribution in [0.5, 0.6) is 5.75 Å². The highest BCUT2D eigenvalue weighted by molar-refractivity contribution is 7.89. The summed E-state index contributed by atoms with van der Waals surface area (Å²) in [6, 6.07) is 2.84. The lowest BCUT2D eigenvalue weighted by molar-refractivity contribution is 0.310. The number of nitrogens with one attached hydrogen (secondary N) is 1. The molecule has 1 aromatic rings. The molecule has 1 N–H and O–H groups in total. The summed E-state index contributed by atoms with van der Waals surface area (Å²) in [7, 11) is -2.32. The number of piperazine rings is 1. The summed E-state index contributed by atoms with van der Waals surface area (Å²) in [6.07, 6.45) is 0. The molecule has 8 heteroatoms. The molecule has 1 aromatic carbocycles. The Morgan fingerprint density at radius 1 is 1.43 bits per heavy atom. The highest BCUT2D eigenvalue weighted by Gasteiger charge is 2.30. The molecule has 120 valence electrons. The average Bonchev–Trinajstić information content (AvgIpc) is 2.41. The minimum Gasteiger partial charge on any atom is -0.494 e. The van der Waals surface area contributed by atoms with E-state index in [4.69, 9.17) is 4.74 Å². The van der Waals surface area contributed by atoms with Gasteiger partial charge >= 0.3 is 0 Å². The van der Waals surface area contributed by atoms with Crippen LogP contribution in [0.15, 0.2) is 17.0 Å². The van der Waals surface area contributed by atoms with Crippen LogP contribution in [0.3, 0.4) is 0 Å². The van der Waals surface area contributed by atoms with Crippen LogP contribution < -0.4 is 10.1 Å². The SMILES string of the molecule is COc1ccc(S(=O)(=O)N2CCNC(C)C2)c(C)c1F.Cl. The minimum absolute atomic E-state index is 0. The summed E-state index contributed by atoms with van der Waals surface area (Å²) in [4.78, 5) is 0.00454. The Morgan fingerprint density at radius 2 is 2.10 bits per heavy atom. The maximum absolute atomic E-state index is 14.0. The monoisotopic (exact) mass is 338 g/mol. The van der Waals surface area contributed by atoms with Crippen LogP contribution in [0.4, 0.5) is 4.39 Å². The van der Waals surface area contributed by atoms with Crippen molar-refractivity contribution in [3.63, 3.8) is 0 Å². The number of hydrogen-bond donors (Lipinski definition) is 1. The van der Waals surface area contributed by atoms with Crippen LogP contribution >= 0.6 is 12.4 Å². The molecule has 0 bridgehead atoms. The third kappa shape index (κ3) is 3.48. The molecule has 2 rings (SSSR count). The first kappa shape index (κ1) is 18.2. The number of hydrogen-bond acceptors (Lipinski definition) is 4. The Balaban J connectivity index is 0.00000220. The normalized spacial score (nSPS) is 19.9. The Hall–Kier alpha value is -0.890. The van der Waals surface area contributed by atoms with Crippen LogP contribution in [0.25, 0.3) is 0 Å². The van der Waals surface area contributed by atoms with E-state index in [1.165, 1.54) is 30.5 Å². The summed E-state index contributed by atoms with van der Waals surface area (Å²) in [5.74, 6) is -0.577. The quantitative estimate of drug-likeness (QED) is 0.908. The molecular formula is C13H20ClFN2O3S. The molecule has 1 saturated heterocycles. The molecule has 0 radical (unpaired) electrons. The van der Waals surface area contributed by atoms with Gasteiger partial charge in [0.15, 0.2) is 11.6 Å². The first-order chi connectivity index (χ1) is 9.37. The fraction of sp³-hybridized carbons (Fsp3) is 0.538. The number of sulfonamides is 1. The molecule has 1 fully saturated rings. The summed E-state index contributed by atoms with van der Waals surface area (Å²) in [5, 5.41) is 3.18. The fourth-order valence-corrected chi connectivity index (χ4v) is 4.08. The fourth-order valence-electron chi connectivity index (χ4n) is 2.33. The molecule has 5 nitrogen and oxygen atoms in total. The Morgan fingerprint density at radius 3 is 2.67 bits per heavy atom. The Bertz CT molecular complexity index is 610. The molecule has 0 aromatic heterocycles. The molecule has 0 saturated carbocycles. The van der Waals surface area contributed by atoms with Crippen molar-refractivity contribution in [2.45, 2.75) is 24.8 Å². The van der Waals surface area contributed by atoms with Gasteiger partial charge in [0.1, 0.15) is 0 Å². The van der Waals surface area contributed by atoms with Gasteiger partial charge < -0.3 is 10.1 Å². The van der Waals surface area contributed by atoms with Gasteiger partial charge in [-0.05, 0) is 26.0 Å². The first-order valence-corrected chi connectivity index (χ1v) is 7.88. The van der Waals surface area contributed by atoms with E-state index >= 15 is 0 Å². The topological polar surface area (TPSA) is 58.6 Å². The molecule has 0 aliphatic carbocycles. The van der Waals surface area contributed by atoms with Crippen molar-refractivity contribution < 1.29 is 17.5 Å². The predicted octanol–water partition coefficient (Wildman–Crippen LogP) is 1.55. The van der Waals surface area contributed by atoms with Crippen LogP contribution in [-0.2, 0) is 10.0 Å². The van der Waals surface area contributed by atoms with Gasteiger partial charge in [0.25, 0.3) is 0 Å². The Labute approximate surface area is 130 Å². The lowest BCUT2D eigenvalue weighted by Crippen LogP contribution is -2.51. The van der Waals surface area contributed by atoms with Crippen molar-refractivity contribution >= 4 is 22.4 Å². The second-order valence-corrected chi connectivity index (χ2v) is 6.83. The third-order valence-electron chi connectivity index (χ3n) is 3.47. The van der Waals surface area contributed by atoms with Crippen LogP contribution in [0, 0.1) is 12.7 Å². The second kappa shape index (κ2) is 6.91. The predicted molar refractivity (Wildman–Crippen MR) is 81.2 cm³/mol. The maximum Gasteiger partial charge on any atom is 0.243 e. The van der Waals surface area contributed by atoms with Gasteiger partial charge in [-0.2, -0.15) is 4.31 Å². The van der Waals surface area contributed by atoms with E-state index in [1.807, 2.05) is 6.92 Å². The number of nitrogens with zero attached hydrogens (tertiary/aromatic N) is 1. The average molecular weight is 339 g/mol. The zero-order valence-electron chi connectivity index (χ0n) is 12.2. The molecule has 1 aliphatic heterocycles. The van der Waals surface area contributed by atoms with E-state index in [-0.39, 0.29) is 34.7 Å². The molecule has 0 spiro atoms. The lowest BCUT2D eigenvalue weighted by atomic mass is 10.2. The van der Waals surface area contributed by atoms with E-state index in [0.29, 0.717) is 19.6 Å². The third-order valence-corrected chi connectivity index (χ3v) is 5.48. The molecule has 1 aliphatic rings. The molecule has 0 amide bonds. The van der Waals surface area contributed by atoms with Gasteiger partial charge in [-0.3, -0.25) is 0 Å². The van der Waals surface area contributed by atoms with Crippen molar-refractivity contribution in [2.75, 3.05) is 26.7 Å². The number of ether oxygens (including phenoxy) is 1. The molecule has 1 atom stereocenters. The van der Waals surface area contributed by atoms with Gasteiger partial charge in [-0.15, -0.1) is 12.4 Å². The van der Waals surface area contributed by atoms with E-state index in [2.05, 4.69) is 5.32 Å². The number of methoxy groups -OCH3 is 1. The largest absolute Gasteiger partial charge is 0.494 e. The van der Waals surface area contributed by atoms with E-state index in [9.17, 15) is 12.8 Å². The van der Waals surface area contributed by atoms with Crippen LogP contribution in [0.2, 0.25) is 0 Å². The number of benzene rings is 1. The van der Waals surface area contributed by atoms with E-state index < -0.39 is 15.8 Å². The van der Waals surface area contributed by atoms with Crippen molar-refractivity contribution in [1.29, 1.82) is 0 Å². The van der Waals surface area contributed by atoms with Gasteiger partial charge in [-0.25, -0.2) is 12.8 Å². The zero-order chi connectivity index (χ0) is 14.9. The highest BCUT2D eigenvalue weighted by Crippen LogP contribution is 2.28. The lowest BCUT2D eigenvalue weighted by Gasteiger charge is -2.31. The van der Waals surface area contributed by atoms with Crippen molar-refractivity contribution in [3.8, 4) is 5.75 Å². The van der Waals surface area contributed by atoms with Crippen LogP contribution in [-0.4, -0.2) is 45.5 Å².